The van der Waals surface area contributed by atoms with Crippen LogP contribution in [0.3, 0.4) is 0 Å². The van der Waals surface area contributed by atoms with Crippen LogP contribution in [0.25, 0.3) is 16.6 Å². The monoisotopic (exact) mass is 415 g/mol. The fourth-order valence-corrected chi connectivity index (χ4v) is 3.83. The van der Waals surface area contributed by atoms with Gasteiger partial charge >= 0.3 is 0 Å². The minimum atomic E-state index is -0.449. The Labute approximate surface area is 177 Å². The van der Waals surface area contributed by atoms with Crippen LogP contribution in [-0.4, -0.2) is 39.1 Å². The first-order chi connectivity index (χ1) is 15.0. The van der Waals surface area contributed by atoms with Gasteiger partial charge in [-0.1, -0.05) is 18.2 Å². The van der Waals surface area contributed by atoms with Gasteiger partial charge in [-0.2, -0.15) is 5.10 Å². The molecule has 0 saturated carbocycles. The summed E-state index contributed by atoms with van der Waals surface area (Å²) in [6.45, 7) is 1.93. The lowest BCUT2D eigenvalue weighted by Gasteiger charge is -2.22. The average Bonchev–Trinajstić information content (AvgIpc) is 3.33. The molecule has 3 aromatic carbocycles. The molecule has 5 rings (SSSR count). The molecule has 0 saturated heterocycles. The number of rotatable bonds is 5. The molecule has 0 bridgehead atoms. The van der Waals surface area contributed by atoms with E-state index in [1.54, 1.807) is 54.2 Å². The van der Waals surface area contributed by atoms with Crippen LogP contribution in [0.15, 0.2) is 72.9 Å². The van der Waals surface area contributed by atoms with Crippen molar-refractivity contribution in [3.63, 3.8) is 0 Å². The van der Waals surface area contributed by atoms with E-state index in [0.717, 1.165) is 16.6 Å². The topological polar surface area (TPSA) is 64.4 Å². The maximum atomic E-state index is 13.3. The Morgan fingerprint density at radius 3 is 2.29 bits per heavy atom. The summed E-state index contributed by atoms with van der Waals surface area (Å²) in [6.07, 6.45) is 1.68. The Morgan fingerprint density at radius 2 is 1.61 bits per heavy atom. The van der Waals surface area contributed by atoms with E-state index in [4.69, 9.17) is 4.74 Å². The third-order valence-electron chi connectivity index (χ3n) is 5.39. The summed E-state index contributed by atoms with van der Waals surface area (Å²) in [4.78, 5) is 26.6. The fourth-order valence-electron chi connectivity index (χ4n) is 3.83. The molecule has 0 radical (unpaired) electrons. The lowest BCUT2D eigenvalue weighted by atomic mass is 10.1. The maximum absolute atomic E-state index is 13.3. The minimum Gasteiger partial charge on any atom is -0.491 e. The standard InChI is InChI=1S/C24H18FN3O3/c1-15(27-23(29)18-5-2-3-6-19(18)24(27)30)14-31-22-8-4-7-21-20(22)13-26-28(21)17-11-9-16(25)10-12-17/h2-13,15H,14H2,1H3/t15-/m0/s1. The van der Waals surface area contributed by atoms with Crippen molar-refractivity contribution < 1.29 is 18.7 Å². The number of ether oxygens (including phenoxy) is 1. The van der Waals surface area contributed by atoms with Gasteiger partial charge in [-0.25, -0.2) is 9.07 Å². The van der Waals surface area contributed by atoms with Crippen LogP contribution < -0.4 is 4.74 Å². The molecule has 2 amide bonds. The number of hydrogen-bond acceptors (Lipinski definition) is 4. The van der Waals surface area contributed by atoms with Gasteiger partial charge in [0.1, 0.15) is 18.2 Å². The quantitative estimate of drug-likeness (QED) is 0.458. The molecule has 1 aliphatic heterocycles. The molecule has 7 heteroatoms. The van der Waals surface area contributed by atoms with E-state index in [1.807, 2.05) is 18.2 Å². The van der Waals surface area contributed by atoms with Gasteiger partial charge in [0.15, 0.2) is 0 Å². The van der Waals surface area contributed by atoms with Crippen molar-refractivity contribution in [2.24, 2.45) is 0 Å². The van der Waals surface area contributed by atoms with Gasteiger partial charge in [-0.15, -0.1) is 0 Å². The highest BCUT2D eigenvalue weighted by Crippen LogP contribution is 2.29. The molecule has 0 N–H and O–H groups in total. The van der Waals surface area contributed by atoms with Crippen molar-refractivity contribution in [3.8, 4) is 11.4 Å². The molecular formula is C24H18FN3O3. The van der Waals surface area contributed by atoms with E-state index >= 15 is 0 Å². The molecule has 1 atom stereocenters. The van der Waals surface area contributed by atoms with E-state index in [9.17, 15) is 14.0 Å². The van der Waals surface area contributed by atoms with E-state index < -0.39 is 6.04 Å². The van der Waals surface area contributed by atoms with Crippen LogP contribution in [0.4, 0.5) is 4.39 Å². The number of hydrogen-bond donors (Lipinski definition) is 0. The molecule has 31 heavy (non-hydrogen) atoms. The molecule has 4 aromatic rings. The first-order valence-corrected chi connectivity index (χ1v) is 9.87. The van der Waals surface area contributed by atoms with Crippen LogP contribution in [-0.2, 0) is 0 Å². The zero-order valence-electron chi connectivity index (χ0n) is 16.7. The first-order valence-electron chi connectivity index (χ1n) is 9.87. The summed E-state index contributed by atoms with van der Waals surface area (Å²) in [5.41, 5.74) is 2.37. The summed E-state index contributed by atoms with van der Waals surface area (Å²) in [5.74, 6) is -0.334. The van der Waals surface area contributed by atoms with Crippen LogP contribution in [0.2, 0.25) is 0 Å². The van der Waals surface area contributed by atoms with Crippen LogP contribution in [0.1, 0.15) is 27.6 Å². The highest BCUT2D eigenvalue weighted by molar-refractivity contribution is 6.21. The molecular weight excluding hydrogens is 397 g/mol. The second-order valence-electron chi connectivity index (χ2n) is 7.41. The molecule has 1 aliphatic rings. The van der Waals surface area contributed by atoms with E-state index in [2.05, 4.69) is 5.10 Å². The zero-order chi connectivity index (χ0) is 21.5. The third-order valence-corrected chi connectivity index (χ3v) is 5.39. The second kappa shape index (κ2) is 7.36. The normalized spacial score (nSPS) is 14.2. The summed E-state index contributed by atoms with van der Waals surface area (Å²) < 4.78 is 21.0. The summed E-state index contributed by atoms with van der Waals surface area (Å²) in [6, 6.07) is 18.0. The average molecular weight is 415 g/mol. The lowest BCUT2D eigenvalue weighted by Crippen LogP contribution is -2.41. The SMILES string of the molecule is C[C@@H](COc1cccc2c1cnn2-c1ccc(F)cc1)N1C(=O)c2ccccc2C1=O. The van der Waals surface area contributed by atoms with E-state index in [-0.39, 0.29) is 24.2 Å². The number of benzene rings is 3. The molecule has 154 valence electrons. The highest BCUT2D eigenvalue weighted by atomic mass is 19.1. The van der Waals surface area contributed by atoms with Gasteiger partial charge in [0, 0.05) is 0 Å². The van der Waals surface area contributed by atoms with Crippen molar-refractivity contribution in [1.82, 2.24) is 14.7 Å². The first kappa shape index (κ1) is 19.0. The van der Waals surface area contributed by atoms with Crippen molar-refractivity contribution in [3.05, 3.63) is 89.9 Å². The number of nitrogens with zero attached hydrogens (tertiary/aromatic N) is 3. The van der Waals surface area contributed by atoms with Crippen LogP contribution in [0.5, 0.6) is 5.75 Å². The summed E-state index contributed by atoms with van der Waals surface area (Å²) in [7, 11) is 0. The summed E-state index contributed by atoms with van der Waals surface area (Å²) in [5, 5.41) is 5.19. The molecule has 6 nitrogen and oxygen atoms in total. The maximum Gasteiger partial charge on any atom is 0.261 e. The van der Waals surface area contributed by atoms with Gasteiger partial charge in [-0.3, -0.25) is 14.5 Å². The lowest BCUT2D eigenvalue weighted by molar-refractivity contribution is 0.0551. The second-order valence-corrected chi connectivity index (χ2v) is 7.41. The number of fused-ring (bicyclic) bond motifs is 2. The number of halogens is 1. The van der Waals surface area contributed by atoms with Crippen molar-refractivity contribution in [1.29, 1.82) is 0 Å². The Morgan fingerprint density at radius 1 is 0.935 bits per heavy atom. The van der Waals surface area contributed by atoms with Gasteiger partial charge in [0.05, 0.1) is 40.0 Å². The van der Waals surface area contributed by atoms with E-state index in [0.29, 0.717) is 16.9 Å². The van der Waals surface area contributed by atoms with Crippen molar-refractivity contribution in [2.45, 2.75) is 13.0 Å². The Balaban J connectivity index is 1.38. The van der Waals surface area contributed by atoms with Crippen molar-refractivity contribution >= 4 is 22.7 Å². The van der Waals surface area contributed by atoms with Gasteiger partial charge in [-0.05, 0) is 55.5 Å². The van der Waals surface area contributed by atoms with Crippen LogP contribution in [0, 0.1) is 5.82 Å². The number of carbonyl (C=O) groups excluding carboxylic acids is 2. The Kier molecular flexibility index (Phi) is 4.51. The zero-order valence-corrected chi connectivity index (χ0v) is 16.7. The Hall–Kier alpha value is -4.00. The molecule has 2 heterocycles. The number of amides is 2. The molecule has 0 aliphatic carbocycles. The fraction of sp³-hybridized carbons (Fsp3) is 0.125. The molecule has 1 aromatic heterocycles. The summed E-state index contributed by atoms with van der Waals surface area (Å²) >= 11 is 0. The van der Waals surface area contributed by atoms with Gasteiger partial charge in [0.25, 0.3) is 11.8 Å². The third kappa shape index (κ3) is 3.15. The molecule has 0 spiro atoms. The van der Waals surface area contributed by atoms with Crippen LogP contribution >= 0.6 is 0 Å². The van der Waals surface area contributed by atoms with Gasteiger partial charge in [0.2, 0.25) is 0 Å². The predicted octanol–water partition coefficient (Wildman–Crippen LogP) is 4.23. The largest absolute Gasteiger partial charge is 0.491 e. The highest BCUT2D eigenvalue weighted by Gasteiger charge is 2.38. The number of aromatic nitrogens is 2. The Bertz CT molecular complexity index is 1280. The smallest absolute Gasteiger partial charge is 0.261 e. The van der Waals surface area contributed by atoms with Gasteiger partial charge < -0.3 is 4.74 Å². The molecule has 0 unspecified atom stereocenters. The van der Waals surface area contributed by atoms with Crippen molar-refractivity contribution in [2.75, 3.05) is 6.61 Å². The number of imide groups is 1. The molecule has 0 fully saturated rings. The predicted molar refractivity (Wildman–Crippen MR) is 113 cm³/mol. The van der Waals surface area contributed by atoms with E-state index in [1.165, 1.54) is 17.0 Å². The number of carbonyl (C=O) groups is 2. The minimum absolute atomic E-state index is 0.145.